The Kier molecular flexibility index (Phi) is 3.27. The molecule has 0 spiro atoms. The van der Waals surface area contributed by atoms with Gasteiger partial charge in [0.1, 0.15) is 18.8 Å². The Morgan fingerprint density at radius 1 is 1.21 bits per heavy atom. The first kappa shape index (κ1) is 11.9. The molecular weight excluding hydrogens is 240 g/mol. The predicted molar refractivity (Wildman–Crippen MR) is 70.4 cm³/mol. The van der Waals surface area contributed by atoms with Gasteiger partial charge in [-0.1, -0.05) is 18.2 Å². The second-order valence-corrected chi connectivity index (χ2v) is 4.72. The highest BCUT2D eigenvalue weighted by Crippen LogP contribution is 2.26. The molecule has 1 aliphatic heterocycles. The second-order valence-electron chi connectivity index (χ2n) is 4.72. The van der Waals surface area contributed by atoms with E-state index in [9.17, 15) is 4.79 Å². The van der Waals surface area contributed by atoms with Gasteiger partial charge in [0.2, 0.25) is 0 Å². The van der Waals surface area contributed by atoms with E-state index in [1.54, 1.807) is 11.0 Å². The van der Waals surface area contributed by atoms with Crippen LogP contribution in [0.2, 0.25) is 0 Å². The smallest absolute Gasteiger partial charge is 0.255 e. The van der Waals surface area contributed by atoms with Crippen LogP contribution < -0.4 is 0 Å². The first-order chi connectivity index (χ1) is 9.36. The minimum absolute atomic E-state index is 0.0102. The summed E-state index contributed by atoms with van der Waals surface area (Å²) >= 11 is 0. The van der Waals surface area contributed by atoms with Crippen molar-refractivity contribution in [1.82, 2.24) is 19.7 Å². The van der Waals surface area contributed by atoms with Crippen LogP contribution in [0.5, 0.6) is 0 Å². The van der Waals surface area contributed by atoms with Crippen molar-refractivity contribution in [1.29, 1.82) is 0 Å². The van der Waals surface area contributed by atoms with E-state index in [1.807, 2.05) is 35.2 Å². The molecule has 19 heavy (non-hydrogen) atoms. The van der Waals surface area contributed by atoms with Crippen LogP contribution in [0, 0.1) is 0 Å². The molecule has 1 aliphatic rings. The molecule has 0 N–H and O–H groups in total. The molecule has 1 amide bonds. The van der Waals surface area contributed by atoms with Gasteiger partial charge >= 0.3 is 0 Å². The number of hydrogen-bond acceptors (Lipinski definition) is 3. The molecule has 0 aliphatic carbocycles. The molecule has 2 heterocycles. The third-order valence-electron chi connectivity index (χ3n) is 3.49. The van der Waals surface area contributed by atoms with Crippen molar-refractivity contribution >= 4 is 5.91 Å². The number of benzene rings is 1. The summed E-state index contributed by atoms with van der Waals surface area (Å²) in [6, 6.07) is 9.41. The van der Waals surface area contributed by atoms with Crippen LogP contribution in [0.1, 0.15) is 35.8 Å². The Balaban J connectivity index is 1.87. The number of amides is 1. The first-order valence-electron chi connectivity index (χ1n) is 6.56. The van der Waals surface area contributed by atoms with Gasteiger partial charge in [-0.25, -0.2) is 9.67 Å². The van der Waals surface area contributed by atoms with Gasteiger partial charge in [0.05, 0.1) is 0 Å². The summed E-state index contributed by atoms with van der Waals surface area (Å²) in [5, 5.41) is 4.18. The molecule has 1 saturated heterocycles. The van der Waals surface area contributed by atoms with Crippen LogP contribution in [0.15, 0.2) is 43.0 Å². The lowest BCUT2D eigenvalue weighted by molar-refractivity contribution is 0.0463. The molecule has 1 atom stereocenters. The summed E-state index contributed by atoms with van der Waals surface area (Å²) in [6.45, 7) is 0.776. The Hall–Kier alpha value is -2.17. The fraction of sp³-hybridized carbons (Fsp3) is 0.357. The highest BCUT2D eigenvalue weighted by atomic mass is 16.2. The fourth-order valence-corrected chi connectivity index (χ4v) is 2.54. The summed E-state index contributed by atoms with van der Waals surface area (Å²) in [4.78, 5) is 18.4. The summed E-state index contributed by atoms with van der Waals surface area (Å²) in [5.41, 5.74) is 0.731. The van der Waals surface area contributed by atoms with E-state index in [0.29, 0.717) is 0 Å². The zero-order valence-corrected chi connectivity index (χ0v) is 10.6. The molecule has 2 aromatic rings. The monoisotopic (exact) mass is 256 g/mol. The van der Waals surface area contributed by atoms with Crippen molar-refractivity contribution in [2.45, 2.75) is 25.4 Å². The van der Waals surface area contributed by atoms with E-state index in [0.717, 1.165) is 31.4 Å². The van der Waals surface area contributed by atoms with Gasteiger partial charge in [0.15, 0.2) is 0 Å². The lowest BCUT2D eigenvalue weighted by Crippen LogP contribution is -2.41. The maximum absolute atomic E-state index is 12.6. The van der Waals surface area contributed by atoms with Crippen molar-refractivity contribution in [3.8, 4) is 0 Å². The summed E-state index contributed by atoms with van der Waals surface area (Å²) in [7, 11) is 0. The Morgan fingerprint density at radius 3 is 2.79 bits per heavy atom. The number of aromatic nitrogens is 3. The van der Waals surface area contributed by atoms with Crippen molar-refractivity contribution < 1.29 is 4.79 Å². The molecule has 1 aromatic heterocycles. The van der Waals surface area contributed by atoms with Gasteiger partial charge in [-0.05, 0) is 31.4 Å². The van der Waals surface area contributed by atoms with Crippen molar-refractivity contribution in [2.24, 2.45) is 0 Å². The molecule has 5 nitrogen and oxygen atoms in total. The van der Waals surface area contributed by atoms with Gasteiger partial charge in [-0.2, -0.15) is 5.10 Å². The third kappa shape index (κ3) is 2.36. The van der Waals surface area contributed by atoms with Crippen LogP contribution in [0.25, 0.3) is 0 Å². The third-order valence-corrected chi connectivity index (χ3v) is 3.49. The second kappa shape index (κ2) is 5.22. The number of likely N-dealkylation sites (tertiary alicyclic amines) is 1. The van der Waals surface area contributed by atoms with E-state index in [1.165, 1.54) is 6.33 Å². The highest BCUT2D eigenvalue weighted by molar-refractivity contribution is 5.94. The van der Waals surface area contributed by atoms with E-state index in [-0.39, 0.29) is 12.1 Å². The van der Waals surface area contributed by atoms with Crippen LogP contribution >= 0.6 is 0 Å². The van der Waals surface area contributed by atoms with Gasteiger partial charge in [-0.3, -0.25) is 4.79 Å². The first-order valence-corrected chi connectivity index (χ1v) is 6.56. The molecule has 1 unspecified atom stereocenters. The van der Waals surface area contributed by atoms with Crippen LogP contribution in [-0.2, 0) is 0 Å². The predicted octanol–water partition coefficient (Wildman–Crippen LogP) is 2.10. The van der Waals surface area contributed by atoms with E-state index >= 15 is 0 Å². The van der Waals surface area contributed by atoms with Crippen molar-refractivity contribution in [2.75, 3.05) is 6.54 Å². The topological polar surface area (TPSA) is 51.0 Å². The van der Waals surface area contributed by atoms with E-state index in [4.69, 9.17) is 0 Å². The minimum atomic E-state index is -0.0102. The summed E-state index contributed by atoms with van der Waals surface area (Å²) in [5.74, 6) is 0.0702. The van der Waals surface area contributed by atoms with Crippen molar-refractivity contribution in [3.05, 3.63) is 48.5 Å². The molecule has 1 aromatic carbocycles. The standard InChI is InChI=1S/C14H16N4O/c19-14(12-6-2-1-3-7-12)17-9-5-4-8-13(17)18-11-15-10-16-18/h1-3,6-7,10-11,13H,4-5,8-9H2. The quantitative estimate of drug-likeness (QED) is 0.826. The molecule has 5 heteroatoms. The largest absolute Gasteiger partial charge is 0.316 e. The lowest BCUT2D eigenvalue weighted by atomic mass is 10.1. The molecular formula is C14H16N4O. The Morgan fingerprint density at radius 2 is 2.05 bits per heavy atom. The van der Waals surface area contributed by atoms with Gasteiger partial charge in [0, 0.05) is 12.1 Å². The Bertz CT molecular complexity index is 538. The molecule has 0 saturated carbocycles. The molecule has 98 valence electrons. The van der Waals surface area contributed by atoms with Crippen LogP contribution in [-0.4, -0.2) is 32.1 Å². The van der Waals surface area contributed by atoms with Crippen molar-refractivity contribution in [3.63, 3.8) is 0 Å². The van der Waals surface area contributed by atoms with Gasteiger partial charge in [0.25, 0.3) is 5.91 Å². The average molecular weight is 256 g/mol. The number of piperidine rings is 1. The lowest BCUT2D eigenvalue weighted by Gasteiger charge is -2.35. The number of rotatable bonds is 2. The minimum Gasteiger partial charge on any atom is -0.316 e. The zero-order valence-electron chi connectivity index (χ0n) is 10.6. The fourth-order valence-electron chi connectivity index (χ4n) is 2.54. The van der Waals surface area contributed by atoms with Crippen LogP contribution in [0.4, 0.5) is 0 Å². The maximum Gasteiger partial charge on any atom is 0.255 e. The maximum atomic E-state index is 12.6. The van der Waals surface area contributed by atoms with E-state index in [2.05, 4.69) is 10.1 Å². The number of nitrogens with zero attached hydrogens (tertiary/aromatic N) is 4. The number of carbonyl (C=O) groups is 1. The highest BCUT2D eigenvalue weighted by Gasteiger charge is 2.28. The summed E-state index contributed by atoms with van der Waals surface area (Å²) in [6.07, 6.45) is 6.28. The summed E-state index contributed by atoms with van der Waals surface area (Å²) < 4.78 is 1.78. The number of hydrogen-bond donors (Lipinski definition) is 0. The molecule has 1 fully saturated rings. The SMILES string of the molecule is O=C(c1ccccc1)N1CCCCC1n1cncn1. The van der Waals surface area contributed by atoms with Crippen LogP contribution in [0.3, 0.4) is 0 Å². The number of carbonyl (C=O) groups excluding carboxylic acids is 1. The average Bonchev–Trinajstić information content (AvgIpc) is 3.01. The normalized spacial score (nSPS) is 19.4. The molecule has 0 bridgehead atoms. The Labute approximate surface area is 111 Å². The van der Waals surface area contributed by atoms with Gasteiger partial charge in [-0.15, -0.1) is 0 Å². The molecule has 3 rings (SSSR count). The zero-order chi connectivity index (χ0) is 13.1. The van der Waals surface area contributed by atoms with Gasteiger partial charge < -0.3 is 4.90 Å². The molecule has 0 radical (unpaired) electrons. The van der Waals surface area contributed by atoms with E-state index < -0.39 is 0 Å².